The second-order valence-electron chi connectivity index (χ2n) is 3.68. The first kappa shape index (κ1) is 10.2. The zero-order chi connectivity index (χ0) is 11.5. The number of thiophene rings is 1. The van der Waals surface area contributed by atoms with Crippen molar-refractivity contribution in [2.45, 2.75) is 0 Å². The molecule has 0 saturated heterocycles. The van der Waals surface area contributed by atoms with Crippen molar-refractivity contribution >= 4 is 33.5 Å². The van der Waals surface area contributed by atoms with Crippen molar-refractivity contribution in [3.63, 3.8) is 0 Å². The van der Waals surface area contributed by atoms with Crippen LogP contribution in [0.1, 0.15) is 5.56 Å². The molecule has 2 aromatic heterocycles. The summed E-state index contributed by atoms with van der Waals surface area (Å²) in [4.78, 5) is 9.84. The zero-order valence-electron chi connectivity index (χ0n) is 9.08. The van der Waals surface area contributed by atoms with Crippen LogP contribution in [0.2, 0.25) is 0 Å². The summed E-state index contributed by atoms with van der Waals surface area (Å²) in [5.74, 6) is 0. The number of hydrogen-bond donors (Lipinski definition) is 0. The Hall–Kier alpha value is -2.00. The summed E-state index contributed by atoms with van der Waals surface area (Å²) in [5, 5.41) is 3.19. The Morgan fingerprint density at radius 2 is 2.00 bits per heavy atom. The van der Waals surface area contributed by atoms with Crippen LogP contribution >= 0.6 is 11.3 Å². The first-order chi connectivity index (χ1) is 8.42. The van der Waals surface area contributed by atoms with Gasteiger partial charge in [0.15, 0.2) is 0 Å². The van der Waals surface area contributed by atoms with Crippen LogP contribution in [0, 0.1) is 0 Å². The second kappa shape index (κ2) is 4.47. The van der Waals surface area contributed by atoms with E-state index in [4.69, 9.17) is 0 Å². The van der Waals surface area contributed by atoms with Gasteiger partial charge in [0.1, 0.15) is 4.83 Å². The molecule has 0 aliphatic heterocycles. The standard InChI is InChI=1S/C14H10N2S/c1-2-4-11(5-3-1)9-15-13-8-12-6-7-17-14(12)16-10-13/h1-10H. The average Bonchev–Trinajstić information content (AvgIpc) is 2.85. The summed E-state index contributed by atoms with van der Waals surface area (Å²) in [7, 11) is 0. The fourth-order valence-corrected chi connectivity index (χ4v) is 2.33. The van der Waals surface area contributed by atoms with Crippen molar-refractivity contribution in [2.24, 2.45) is 4.99 Å². The van der Waals surface area contributed by atoms with Gasteiger partial charge in [0, 0.05) is 11.6 Å². The van der Waals surface area contributed by atoms with E-state index in [1.807, 2.05) is 41.9 Å². The van der Waals surface area contributed by atoms with Gasteiger partial charge in [0.25, 0.3) is 0 Å². The van der Waals surface area contributed by atoms with E-state index in [1.165, 1.54) is 0 Å². The molecule has 0 spiro atoms. The SMILES string of the molecule is C(=Nc1cnc2sccc2c1)c1ccccc1. The Kier molecular flexibility index (Phi) is 2.68. The molecule has 0 aliphatic carbocycles. The van der Waals surface area contributed by atoms with E-state index in [9.17, 15) is 0 Å². The molecule has 0 unspecified atom stereocenters. The Morgan fingerprint density at radius 1 is 1.12 bits per heavy atom. The molecule has 0 aliphatic rings. The third kappa shape index (κ3) is 2.24. The molecule has 2 heterocycles. The molecule has 0 bridgehead atoms. The number of hydrogen-bond acceptors (Lipinski definition) is 3. The third-order valence-corrected chi connectivity index (χ3v) is 3.29. The molecule has 0 radical (unpaired) electrons. The maximum atomic E-state index is 4.42. The van der Waals surface area contributed by atoms with Crippen molar-refractivity contribution in [3.8, 4) is 0 Å². The van der Waals surface area contributed by atoms with Crippen LogP contribution in [-0.2, 0) is 0 Å². The zero-order valence-corrected chi connectivity index (χ0v) is 9.89. The number of rotatable bonds is 2. The quantitative estimate of drug-likeness (QED) is 0.618. The van der Waals surface area contributed by atoms with Gasteiger partial charge >= 0.3 is 0 Å². The Morgan fingerprint density at radius 3 is 2.88 bits per heavy atom. The Bertz CT molecular complexity index is 656. The fourth-order valence-electron chi connectivity index (χ4n) is 1.61. The topological polar surface area (TPSA) is 25.2 Å². The first-order valence-electron chi connectivity index (χ1n) is 5.34. The summed E-state index contributed by atoms with van der Waals surface area (Å²) in [5.41, 5.74) is 1.98. The average molecular weight is 238 g/mol. The highest BCUT2D eigenvalue weighted by Gasteiger charge is 1.96. The molecule has 0 atom stereocenters. The lowest BCUT2D eigenvalue weighted by molar-refractivity contribution is 1.40. The van der Waals surface area contributed by atoms with Crippen LogP contribution in [0.4, 0.5) is 5.69 Å². The van der Waals surface area contributed by atoms with Gasteiger partial charge in [-0.2, -0.15) is 0 Å². The van der Waals surface area contributed by atoms with E-state index in [2.05, 4.69) is 22.1 Å². The summed E-state index contributed by atoms with van der Waals surface area (Å²) < 4.78 is 0. The highest BCUT2D eigenvalue weighted by atomic mass is 32.1. The number of aromatic nitrogens is 1. The maximum Gasteiger partial charge on any atom is 0.123 e. The Balaban J connectivity index is 1.92. The van der Waals surface area contributed by atoms with Crippen molar-refractivity contribution in [2.75, 3.05) is 0 Å². The molecule has 82 valence electrons. The first-order valence-corrected chi connectivity index (χ1v) is 6.22. The van der Waals surface area contributed by atoms with Gasteiger partial charge < -0.3 is 0 Å². The molecule has 1 aromatic carbocycles. The minimum absolute atomic E-state index is 0.889. The van der Waals surface area contributed by atoms with Gasteiger partial charge in [-0.25, -0.2) is 4.98 Å². The summed E-state index contributed by atoms with van der Waals surface area (Å²) in [6.07, 6.45) is 3.66. The van der Waals surface area contributed by atoms with Crippen LogP contribution in [-0.4, -0.2) is 11.2 Å². The van der Waals surface area contributed by atoms with Gasteiger partial charge in [-0.1, -0.05) is 30.3 Å². The largest absolute Gasteiger partial charge is 0.255 e. The molecule has 17 heavy (non-hydrogen) atoms. The number of benzene rings is 1. The van der Waals surface area contributed by atoms with Crippen LogP contribution in [0.25, 0.3) is 10.2 Å². The van der Waals surface area contributed by atoms with Gasteiger partial charge in [-0.3, -0.25) is 4.99 Å². The van der Waals surface area contributed by atoms with Gasteiger partial charge in [-0.05, 0) is 23.1 Å². The third-order valence-electron chi connectivity index (χ3n) is 2.45. The van der Waals surface area contributed by atoms with E-state index in [-0.39, 0.29) is 0 Å². The number of fused-ring (bicyclic) bond motifs is 1. The minimum Gasteiger partial charge on any atom is -0.255 e. The predicted octanol–water partition coefficient (Wildman–Crippen LogP) is 4.05. The molecular weight excluding hydrogens is 228 g/mol. The molecule has 0 N–H and O–H groups in total. The molecule has 0 fully saturated rings. The van der Waals surface area contributed by atoms with Crippen molar-refractivity contribution in [1.82, 2.24) is 4.98 Å². The van der Waals surface area contributed by atoms with Crippen LogP contribution in [0.3, 0.4) is 0 Å². The summed E-state index contributed by atoms with van der Waals surface area (Å²) in [6.45, 7) is 0. The minimum atomic E-state index is 0.889. The highest BCUT2D eigenvalue weighted by molar-refractivity contribution is 7.16. The van der Waals surface area contributed by atoms with E-state index in [0.29, 0.717) is 0 Å². The van der Waals surface area contributed by atoms with Crippen molar-refractivity contribution in [1.29, 1.82) is 0 Å². The van der Waals surface area contributed by atoms with E-state index in [0.717, 1.165) is 21.5 Å². The molecule has 0 amide bonds. The molecule has 3 aromatic rings. The predicted molar refractivity (Wildman–Crippen MR) is 73.3 cm³/mol. The summed E-state index contributed by atoms with van der Waals surface area (Å²) >= 11 is 1.65. The maximum absolute atomic E-state index is 4.42. The lowest BCUT2D eigenvalue weighted by Gasteiger charge is -1.94. The molecule has 0 saturated carbocycles. The highest BCUT2D eigenvalue weighted by Crippen LogP contribution is 2.22. The molecule has 3 heteroatoms. The van der Waals surface area contributed by atoms with Gasteiger partial charge in [-0.15, -0.1) is 11.3 Å². The molecule has 2 nitrogen and oxygen atoms in total. The number of aliphatic imine (C=N–C) groups is 1. The number of pyridine rings is 1. The van der Waals surface area contributed by atoms with E-state index in [1.54, 1.807) is 17.5 Å². The van der Waals surface area contributed by atoms with Crippen molar-refractivity contribution in [3.05, 3.63) is 59.6 Å². The molecular formula is C14H10N2S. The fraction of sp³-hybridized carbons (Fsp3) is 0. The smallest absolute Gasteiger partial charge is 0.123 e. The lowest BCUT2D eigenvalue weighted by Crippen LogP contribution is -1.78. The van der Waals surface area contributed by atoms with Crippen molar-refractivity contribution < 1.29 is 0 Å². The number of nitrogens with zero attached hydrogens (tertiary/aromatic N) is 2. The summed E-state index contributed by atoms with van der Waals surface area (Å²) in [6, 6.07) is 14.2. The molecule has 3 rings (SSSR count). The van der Waals surface area contributed by atoms with Gasteiger partial charge in [0.05, 0.1) is 11.9 Å². The second-order valence-corrected chi connectivity index (χ2v) is 4.57. The normalized spacial score (nSPS) is 11.3. The van der Waals surface area contributed by atoms with Crippen LogP contribution in [0.5, 0.6) is 0 Å². The van der Waals surface area contributed by atoms with E-state index < -0.39 is 0 Å². The Labute approximate surface area is 103 Å². The lowest BCUT2D eigenvalue weighted by atomic mass is 10.2. The van der Waals surface area contributed by atoms with Crippen LogP contribution < -0.4 is 0 Å². The van der Waals surface area contributed by atoms with Crippen LogP contribution in [0.15, 0.2) is 59.0 Å². The monoisotopic (exact) mass is 238 g/mol. The van der Waals surface area contributed by atoms with Gasteiger partial charge in [0.2, 0.25) is 0 Å². The van der Waals surface area contributed by atoms with E-state index >= 15 is 0 Å².